The van der Waals surface area contributed by atoms with Crippen molar-refractivity contribution in [2.45, 2.75) is 26.3 Å². The van der Waals surface area contributed by atoms with E-state index in [1.165, 1.54) is 12.1 Å². The molecule has 29 heavy (non-hydrogen) atoms. The van der Waals surface area contributed by atoms with Gasteiger partial charge in [-0.05, 0) is 43.5 Å². The van der Waals surface area contributed by atoms with Gasteiger partial charge in [0.25, 0.3) is 11.6 Å². The van der Waals surface area contributed by atoms with Crippen molar-refractivity contribution in [3.8, 4) is 11.5 Å². The molecule has 0 saturated carbocycles. The van der Waals surface area contributed by atoms with E-state index >= 15 is 0 Å². The van der Waals surface area contributed by atoms with Gasteiger partial charge < -0.3 is 19.3 Å². The molecule has 0 aromatic heterocycles. The molecule has 8 nitrogen and oxygen atoms in total. The number of benzene rings is 2. The van der Waals surface area contributed by atoms with Gasteiger partial charge in [-0.3, -0.25) is 14.9 Å². The minimum Gasteiger partial charge on any atom is -0.454 e. The van der Waals surface area contributed by atoms with Crippen LogP contribution < -0.4 is 14.4 Å². The third-order valence-corrected chi connectivity index (χ3v) is 5.35. The zero-order chi connectivity index (χ0) is 20.4. The fraction of sp³-hybridized carbons (Fsp3) is 0.381. The molecule has 0 bridgehead atoms. The maximum Gasteiger partial charge on any atom is 0.270 e. The number of hydrogen-bond acceptors (Lipinski definition) is 6. The number of carbonyl (C=O) groups excluding carboxylic acids is 1. The van der Waals surface area contributed by atoms with Crippen molar-refractivity contribution in [2.24, 2.45) is 0 Å². The first-order valence-electron chi connectivity index (χ1n) is 9.78. The van der Waals surface area contributed by atoms with Crippen molar-refractivity contribution in [2.75, 3.05) is 31.3 Å². The van der Waals surface area contributed by atoms with Gasteiger partial charge in [0, 0.05) is 38.3 Å². The maximum absolute atomic E-state index is 13.4. The Morgan fingerprint density at radius 2 is 1.90 bits per heavy atom. The summed E-state index contributed by atoms with van der Waals surface area (Å²) in [4.78, 5) is 28.0. The molecular formula is C21H23N3O5. The fourth-order valence-corrected chi connectivity index (χ4v) is 3.80. The molecule has 0 spiro atoms. The Hall–Kier alpha value is -3.29. The molecule has 2 heterocycles. The smallest absolute Gasteiger partial charge is 0.270 e. The van der Waals surface area contributed by atoms with E-state index in [-0.39, 0.29) is 18.4 Å². The second kappa shape index (κ2) is 7.98. The van der Waals surface area contributed by atoms with Gasteiger partial charge in [-0.15, -0.1) is 0 Å². The molecule has 0 atom stereocenters. The van der Waals surface area contributed by atoms with E-state index in [0.29, 0.717) is 30.2 Å². The van der Waals surface area contributed by atoms with E-state index in [2.05, 4.69) is 4.90 Å². The van der Waals surface area contributed by atoms with Gasteiger partial charge in [0.05, 0.1) is 16.2 Å². The summed E-state index contributed by atoms with van der Waals surface area (Å²) in [5.74, 6) is 1.15. The number of nitro benzene ring substituents is 1. The average molecular weight is 397 g/mol. The monoisotopic (exact) mass is 397 g/mol. The predicted octanol–water partition coefficient (Wildman–Crippen LogP) is 3.59. The Labute approximate surface area is 168 Å². The first kappa shape index (κ1) is 19.0. The normalized spacial score (nSPS) is 14.9. The van der Waals surface area contributed by atoms with E-state index in [0.717, 1.165) is 37.2 Å². The number of rotatable bonds is 6. The minimum atomic E-state index is -0.460. The second-order valence-electron chi connectivity index (χ2n) is 7.16. The van der Waals surface area contributed by atoms with Crippen LogP contribution in [0.3, 0.4) is 0 Å². The molecule has 0 N–H and O–H groups in total. The van der Waals surface area contributed by atoms with Crippen LogP contribution in [0.2, 0.25) is 0 Å². The number of hydrogen-bond donors (Lipinski definition) is 0. The Morgan fingerprint density at radius 1 is 1.14 bits per heavy atom. The lowest BCUT2D eigenvalue weighted by atomic mass is 10.1. The number of fused-ring (bicyclic) bond motifs is 1. The summed E-state index contributed by atoms with van der Waals surface area (Å²) >= 11 is 0. The van der Waals surface area contributed by atoms with E-state index in [1.807, 2.05) is 25.1 Å². The second-order valence-corrected chi connectivity index (χ2v) is 7.16. The molecule has 0 aliphatic carbocycles. The van der Waals surface area contributed by atoms with Gasteiger partial charge in [0.15, 0.2) is 11.5 Å². The molecule has 152 valence electrons. The Balaban J connectivity index is 1.63. The molecule has 4 rings (SSSR count). The highest BCUT2D eigenvalue weighted by molar-refractivity contribution is 6.00. The van der Waals surface area contributed by atoms with Crippen LogP contribution in [0.15, 0.2) is 36.4 Å². The molecule has 0 radical (unpaired) electrons. The molecule has 2 aliphatic rings. The van der Waals surface area contributed by atoms with Crippen molar-refractivity contribution in [3.05, 3.63) is 57.6 Å². The summed E-state index contributed by atoms with van der Waals surface area (Å²) in [6.45, 7) is 4.67. The van der Waals surface area contributed by atoms with Crippen LogP contribution in [-0.4, -0.2) is 42.2 Å². The lowest BCUT2D eigenvalue weighted by Crippen LogP contribution is -2.32. The molecule has 1 amide bonds. The van der Waals surface area contributed by atoms with Crippen LogP contribution in [0.4, 0.5) is 11.4 Å². The topological polar surface area (TPSA) is 85.1 Å². The van der Waals surface area contributed by atoms with Crippen LogP contribution >= 0.6 is 0 Å². The quantitative estimate of drug-likeness (QED) is 0.547. The first-order valence-corrected chi connectivity index (χ1v) is 9.78. The molecule has 8 heteroatoms. The molecule has 1 fully saturated rings. The minimum absolute atomic E-state index is 0.0737. The molecular weight excluding hydrogens is 374 g/mol. The predicted molar refractivity (Wildman–Crippen MR) is 108 cm³/mol. The lowest BCUT2D eigenvalue weighted by Gasteiger charge is -2.26. The molecule has 2 aliphatic heterocycles. The molecule has 2 aromatic carbocycles. The number of nitro groups is 1. The van der Waals surface area contributed by atoms with Crippen molar-refractivity contribution in [1.82, 2.24) is 4.90 Å². The summed E-state index contributed by atoms with van der Waals surface area (Å²) in [5.41, 5.74) is 1.99. The first-order chi connectivity index (χ1) is 14.1. The molecule has 0 unspecified atom stereocenters. The Bertz CT molecular complexity index is 940. The zero-order valence-electron chi connectivity index (χ0n) is 16.3. The summed E-state index contributed by atoms with van der Waals surface area (Å²) in [7, 11) is 0. The third kappa shape index (κ3) is 3.83. The maximum atomic E-state index is 13.4. The van der Waals surface area contributed by atoms with E-state index in [9.17, 15) is 14.9 Å². The van der Waals surface area contributed by atoms with E-state index < -0.39 is 4.92 Å². The summed E-state index contributed by atoms with van der Waals surface area (Å²) in [5, 5.41) is 11.3. The molecule has 2 aromatic rings. The number of amides is 1. The number of ether oxygens (including phenoxy) is 2. The van der Waals surface area contributed by atoms with Crippen LogP contribution in [0.5, 0.6) is 11.5 Å². The third-order valence-electron chi connectivity index (χ3n) is 5.35. The number of nitrogens with zero attached hydrogens (tertiary/aromatic N) is 3. The zero-order valence-corrected chi connectivity index (χ0v) is 16.3. The lowest BCUT2D eigenvalue weighted by molar-refractivity contribution is -0.384. The summed E-state index contributed by atoms with van der Waals surface area (Å²) in [6.07, 6.45) is 2.11. The van der Waals surface area contributed by atoms with Crippen molar-refractivity contribution in [1.29, 1.82) is 0 Å². The van der Waals surface area contributed by atoms with Crippen LogP contribution in [0.1, 0.15) is 35.7 Å². The summed E-state index contributed by atoms with van der Waals surface area (Å²) < 4.78 is 10.8. The van der Waals surface area contributed by atoms with Crippen LogP contribution in [0, 0.1) is 10.1 Å². The number of anilines is 1. The molecule has 1 saturated heterocycles. The fourth-order valence-electron chi connectivity index (χ4n) is 3.80. The van der Waals surface area contributed by atoms with Crippen molar-refractivity contribution in [3.63, 3.8) is 0 Å². The number of non-ortho nitro benzene ring substituents is 1. The van der Waals surface area contributed by atoms with Crippen molar-refractivity contribution < 1.29 is 19.2 Å². The number of carbonyl (C=O) groups is 1. The highest BCUT2D eigenvalue weighted by atomic mass is 16.7. The van der Waals surface area contributed by atoms with Gasteiger partial charge in [-0.1, -0.05) is 6.07 Å². The largest absolute Gasteiger partial charge is 0.454 e. The van der Waals surface area contributed by atoms with Crippen molar-refractivity contribution >= 4 is 17.3 Å². The van der Waals surface area contributed by atoms with Gasteiger partial charge in [-0.2, -0.15) is 0 Å². The SMILES string of the molecule is CCN(Cc1ccc2c(c1)OCO2)C(=O)c1cc([N+](=O)[O-])ccc1N1CCCC1. The standard InChI is InChI=1S/C21H23N3O5/c1-2-22(13-15-5-8-19-20(11-15)29-14-28-19)21(25)17-12-16(24(26)27)6-7-18(17)23-9-3-4-10-23/h5-8,11-12H,2-4,9-10,13-14H2,1H3. The van der Waals surface area contributed by atoms with Gasteiger partial charge >= 0.3 is 0 Å². The Morgan fingerprint density at radius 3 is 2.62 bits per heavy atom. The van der Waals surface area contributed by atoms with E-state index in [1.54, 1.807) is 11.0 Å². The highest BCUT2D eigenvalue weighted by Crippen LogP contribution is 2.33. The van der Waals surface area contributed by atoms with Crippen LogP contribution in [0.25, 0.3) is 0 Å². The van der Waals surface area contributed by atoms with Gasteiger partial charge in [-0.25, -0.2) is 0 Å². The van der Waals surface area contributed by atoms with Gasteiger partial charge in [0.1, 0.15) is 0 Å². The van der Waals surface area contributed by atoms with E-state index in [4.69, 9.17) is 9.47 Å². The van der Waals surface area contributed by atoms with Crippen LogP contribution in [-0.2, 0) is 6.54 Å². The van der Waals surface area contributed by atoms with Gasteiger partial charge in [0.2, 0.25) is 6.79 Å². The Kier molecular flexibility index (Phi) is 5.24. The highest BCUT2D eigenvalue weighted by Gasteiger charge is 2.26. The summed E-state index contributed by atoms with van der Waals surface area (Å²) in [6, 6.07) is 10.2. The average Bonchev–Trinajstić information content (AvgIpc) is 3.42.